The van der Waals surface area contributed by atoms with Gasteiger partial charge in [-0.05, 0) is 23.6 Å². The Morgan fingerprint density at radius 3 is 2.88 bits per heavy atom. The van der Waals surface area contributed by atoms with Crippen molar-refractivity contribution in [1.29, 1.82) is 0 Å². The fourth-order valence-electron chi connectivity index (χ4n) is 2.29. The van der Waals surface area contributed by atoms with Crippen LogP contribution in [0, 0.1) is 11.8 Å². The molecule has 1 fully saturated rings. The third-order valence-electron chi connectivity index (χ3n) is 3.40. The molecular weight excluding hydrogens is 220 g/mol. The molecule has 0 aliphatic carbocycles. The largest absolute Gasteiger partial charge is 0.504 e. The first kappa shape index (κ1) is 12.2. The summed E-state index contributed by atoms with van der Waals surface area (Å²) >= 11 is 0. The minimum absolute atomic E-state index is 0.101. The van der Waals surface area contributed by atoms with Crippen LogP contribution in [0.1, 0.15) is 18.6 Å². The molecule has 1 aliphatic heterocycles. The van der Waals surface area contributed by atoms with E-state index < -0.39 is 0 Å². The van der Waals surface area contributed by atoms with Gasteiger partial charge in [0, 0.05) is 12.5 Å². The van der Waals surface area contributed by atoms with Crippen molar-refractivity contribution in [2.45, 2.75) is 13.0 Å². The first-order valence-electron chi connectivity index (χ1n) is 5.76. The van der Waals surface area contributed by atoms with Crippen LogP contribution in [0.4, 0.5) is 0 Å². The maximum absolute atomic E-state index is 9.54. The molecule has 2 N–H and O–H groups in total. The maximum Gasteiger partial charge on any atom is 0.160 e. The predicted octanol–water partition coefficient (Wildman–Crippen LogP) is 1.72. The van der Waals surface area contributed by atoms with Crippen LogP contribution in [0.2, 0.25) is 0 Å². The highest BCUT2D eigenvalue weighted by molar-refractivity contribution is 5.42. The number of aliphatic hydroxyl groups is 1. The number of ether oxygens (including phenoxy) is 2. The van der Waals surface area contributed by atoms with Gasteiger partial charge in [-0.25, -0.2) is 0 Å². The summed E-state index contributed by atoms with van der Waals surface area (Å²) in [6.07, 6.45) is -0.121. The zero-order valence-electron chi connectivity index (χ0n) is 10.1. The maximum atomic E-state index is 9.54. The van der Waals surface area contributed by atoms with Crippen LogP contribution >= 0.6 is 0 Å². The molecule has 94 valence electrons. The van der Waals surface area contributed by atoms with E-state index in [0.717, 1.165) is 5.56 Å². The van der Waals surface area contributed by atoms with Crippen molar-refractivity contribution in [2.75, 3.05) is 20.3 Å². The van der Waals surface area contributed by atoms with Crippen molar-refractivity contribution >= 4 is 0 Å². The van der Waals surface area contributed by atoms with Crippen molar-refractivity contribution in [3.63, 3.8) is 0 Å². The number of phenols is 1. The summed E-state index contributed by atoms with van der Waals surface area (Å²) in [7, 11) is 1.51. The standard InChI is InChI=1S/C13H18O4/c1-8-7-17-13(10(8)6-14)9-3-4-11(15)12(5-9)16-2/h3-5,8,10,13-15H,6-7H2,1-2H3. The van der Waals surface area contributed by atoms with Crippen molar-refractivity contribution in [1.82, 2.24) is 0 Å². The smallest absolute Gasteiger partial charge is 0.160 e. The van der Waals surface area contributed by atoms with E-state index in [1.165, 1.54) is 7.11 Å². The molecular formula is C13H18O4. The summed E-state index contributed by atoms with van der Waals surface area (Å²) in [5.41, 5.74) is 0.933. The van der Waals surface area contributed by atoms with Crippen LogP contribution in [0.3, 0.4) is 0 Å². The van der Waals surface area contributed by atoms with E-state index in [9.17, 15) is 10.2 Å². The van der Waals surface area contributed by atoms with Gasteiger partial charge < -0.3 is 19.7 Å². The number of benzene rings is 1. The number of methoxy groups -OCH3 is 1. The molecule has 2 rings (SSSR count). The zero-order valence-corrected chi connectivity index (χ0v) is 10.1. The molecule has 0 spiro atoms. The first-order chi connectivity index (χ1) is 8.17. The van der Waals surface area contributed by atoms with Crippen molar-refractivity contribution in [2.24, 2.45) is 11.8 Å². The number of hydrogen-bond donors (Lipinski definition) is 2. The molecule has 4 heteroatoms. The van der Waals surface area contributed by atoms with Gasteiger partial charge >= 0.3 is 0 Å². The summed E-state index contributed by atoms with van der Waals surface area (Å²) in [4.78, 5) is 0. The van der Waals surface area contributed by atoms with Crippen molar-refractivity contribution in [3.05, 3.63) is 23.8 Å². The molecule has 0 saturated carbocycles. The Labute approximate surface area is 101 Å². The lowest BCUT2D eigenvalue weighted by Gasteiger charge is -2.19. The molecule has 3 atom stereocenters. The quantitative estimate of drug-likeness (QED) is 0.841. The highest BCUT2D eigenvalue weighted by Crippen LogP contribution is 2.40. The zero-order chi connectivity index (χ0) is 12.4. The molecule has 0 radical (unpaired) electrons. The monoisotopic (exact) mass is 238 g/mol. The van der Waals surface area contributed by atoms with Crippen LogP contribution in [0.15, 0.2) is 18.2 Å². The van der Waals surface area contributed by atoms with Gasteiger partial charge in [-0.1, -0.05) is 13.0 Å². The Bertz CT molecular complexity index is 391. The predicted molar refractivity (Wildman–Crippen MR) is 63.1 cm³/mol. The Hall–Kier alpha value is -1.26. The van der Waals surface area contributed by atoms with E-state index in [0.29, 0.717) is 18.3 Å². The van der Waals surface area contributed by atoms with Crippen molar-refractivity contribution < 1.29 is 19.7 Å². The molecule has 1 saturated heterocycles. The minimum atomic E-state index is -0.121. The van der Waals surface area contributed by atoms with Gasteiger partial charge in [0.1, 0.15) is 0 Å². The average Bonchev–Trinajstić information content (AvgIpc) is 2.71. The van der Waals surface area contributed by atoms with Crippen LogP contribution in [0.25, 0.3) is 0 Å². The fraction of sp³-hybridized carbons (Fsp3) is 0.538. The lowest BCUT2D eigenvalue weighted by Crippen LogP contribution is -2.16. The number of aliphatic hydroxyl groups excluding tert-OH is 1. The Morgan fingerprint density at radius 2 is 2.24 bits per heavy atom. The SMILES string of the molecule is COc1cc(C2OCC(C)C2CO)ccc1O. The molecule has 17 heavy (non-hydrogen) atoms. The van der Waals surface area contributed by atoms with Gasteiger partial charge in [0.15, 0.2) is 11.5 Å². The third kappa shape index (κ3) is 2.23. The van der Waals surface area contributed by atoms with Crippen LogP contribution in [-0.4, -0.2) is 30.5 Å². The van der Waals surface area contributed by atoms with Gasteiger partial charge in [-0.2, -0.15) is 0 Å². The lowest BCUT2D eigenvalue weighted by atomic mass is 9.89. The number of rotatable bonds is 3. The first-order valence-corrected chi connectivity index (χ1v) is 5.76. The summed E-state index contributed by atoms with van der Waals surface area (Å²) in [6.45, 7) is 2.83. The van der Waals surface area contributed by atoms with Crippen LogP contribution in [0.5, 0.6) is 11.5 Å². The molecule has 0 aromatic heterocycles. The number of hydrogen-bond acceptors (Lipinski definition) is 4. The molecule has 0 amide bonds. The summed E-state index contributed by atoms with van der Waals surface area (Å²) in [6, 6.07) is 5.17. The number of aromatic hydroxyl groups is 1. The Morgan fingerprint density at radius 1 is 1.47 bits per heavy atom. The van der Waals surface area contributed by atoms with Crippen LogP contribution < -0.4 is 4.74 Å². The molecule has 0 bridgehead atoms. The third-order valence-corrected chi connectivity index (χ3v) is 3.40. The topological polar surface area (TPSA) is 58.9 Å². The van der Waals surface area contributed by atoms with E-state index >= 15 is 0 Å². The molecule has 3 unspecified atom stereocenters. The second kappa shape index (κ2) is 4.94. The number of phenolic OH excluding ortho intramolecular Hbond substituents is 1. The molecule has 1 heterocycles. The van der Waals surface area contributed by atoms with Gasteiger partial charge in [0.2, 0.25) is 0 Å². The average molecular weight is 238 g/mol. The molecule has 1 aromatic carbocycles. The highest BCUT2D eigenvalue weighted by atomic mass is 16.5. The van der Waals surface area contributed by atoms with Gasteiger partial charge in [-0.15, -0.1) is 0 Å². The van der Waals surface area contributed by atoms with Crippen LogP contribution in [-0.2, 0) is 4.74 Å². The molecule has 1 aliphatic rings. The second-order valence-corrected chi connectivity index (χ2v) is 4.51. The fourth-order valence-corrected chi connectivity index (χ4v) is 2.29. The van der Waals surface area contributed by atoms with E-state index in [-0.39, 0.29) is 24.4 Å². The van der Waals surface area contributed by atoms with E-state index in [1.807, 2.05) is 6.07 Å². The Balaban J connectivity index is 2.28. The normalized spacial score (nSPS) is 28.3. The summed E-state index contributed by atoms with van der Waals surface area (Å²) in [5.74, 6) is 0.985. The van der Waals surface area contributed by atoms with Gasteiger partial charge in [-0.3, -0.25) is 0 Å². The minimum Gasteiger partial charge on any atom is -0.504 e. The van der Waals surface area contributed by atoms with E-state index in [2.05, 4.69) is 6.92 Å². The molecule has 4 nitrogen and oxygen atoms in total. The van der Waals surface area contributed by atoms with Gasteiger partial charge in [0.05, 0.1) is 19.8 Å². The second-order valence-electron chi connectivity index (χ2n) is 4.51. The summed E-state index contributed by atoms with van der Waals surface area (Å²) in [5, 5.41) is 18.9. The Kier molecular flexibility index (Phi) is 3.54. The highest BCUT2D eigenvalue weighted by Gasteiger charge is 2.35. The van der Waals surface area contributed by atoms with Gasteiger partial charge in [0.25, 0.3) is 0 Å². The lowest BCUT2D eigenvalue weighted by molar-refractivity contribution is 0.0717. The molecule has 1 aromatic rings. The summed E-state index contributed by atoms with van der Waals surface area (Å²) < 4.78 is 10.8. The van der Waals surface area contributed by atoms with Crippen molar-refractivity contribution in [3.8, 4) is 11.5 Å². The van der Waals surface area contributed by atoms with E-state index in [4.69, 9.17) is 9.47 Å². The van der Waals surface area contributed by atoms with E-state index in [1.54, 1.807) is 12.1 Å².